The smallest absolute Gasteiger partial charge is 0.254 e. The molecule has 2 aliphatic rings. The normalized spacial score (nSPS) is 22.7. The highest BCUT2D eigenvalue weighted by Gasteiger charge is 2.22. The number of amides is 1. The molecule has 2 saturated heterocycles. The molecule has 1 unspecified atom stereocenters. The van der Waals surface area contributed by atoms with Gasteiger partial charge in [0, 0.05) is 49.9 Å². The number of carbonyl (C=O) groups is 1. The van der Waals surface area contributed by atoms with Gasteiger partial charge in [-0.1, -0.05) is 12.1 Å². The number of nitrogens with zero attached hydrogens (tertiary/aromatic N) is 1. The van der Waals surface area contributed by atoms with Crippen LogP contribution in [0.4, 0.5) is 5.69 Å². The molecule has 0 spiro atoms. The minimum absolute atomic E-state index is 0.0684. The Balaban J connectivity index is 1.58. The van der Waals surface area contributed by atoms with Gasteiger partial charge in [-0.3, -0.25) is 9.69 Å². The first-order valence-electron chi connectivity index (χ1n) is 8.25. The molecule has 0 radical (unpaired) electrons. The third-order valence-corrected chi connectivity index (χ3v) is 5.22. The number of rotatable bonds is 4. The van der Waals surface area contributed by atoms with Gasteiger partial charge in [-0.15, -0.1) is 0 Å². The number of hydrogen-bond acceptors (Lipinski definition) is 5. The molecule has 1 amide bonds. The van der Waals surface area contributed by atoms with Crippen LogP contribution in [0.1, 0.15) is 11.1 Å². The van der Waals surface area contributed by atoms with Gasteiger partial charge in [0.2, 0.25) is 0 Å². The lowest BCUT2D eigenvalue weighted by Crippen LogP contribution is -2.45. The second-order valence-corrected chi connectivity index (χ2v) is 7.32. The lowest BCUT2D eigenvalue weighted by atomic mass is 10.1. The van der Waals surface area contributed by atoms with Gasteiger partial charge in [-0.05, 0) is 24.1 Å². The number of ether oxygens (including phenoxy) is 1. The van der Waals surface area contributed by atoms with Crippen LogP contribution in [-0.4, -0.2) is 61.2 Å². The standard InChI is InChI=1S/C17H25N3O2S/c1-13-10-14(12-20-5-8-23-9-6-20)2-3-15(13)19-17(21)16-11-18-4-7-22-16/h2-3,10,16,18H,4-9,11-12H2,1H3,(H,19,21). The first-order valence-corrected chi connectivity index (χ1v) is 9.40. The van der Waals surface area contributed by atoms with E-state index in [2.05, 4.69) is 27.7 Å². The van der Waals surface area contributed by atoms with Crippen molar-refractivity contribution in [3.8, 4) is 0 Å². The fraction of sp³-hybridized carbons (Fsp3) is 0.588. The van der Waals surface area contributed by atoms with E-state index in [1.807, 2.05) is 24.8 Å². The number of anilines is 1. The first kappa shape index (κ1) is 16.8. The summed E-state index contributed by atoms with van der Waals surface area (Å²) in [6, 6.07) is 6.30. The maximum atomic E-state index is 12.2. The zero-order valence-electron chi connectivity index (χ0n) is 13.6. The number of thioether (sulfide) groups is 1. The fourth-order valence-electron chi connectivity index (χ4n) is 2.93. The van der Waals surface area contributed by atoms with Crippen LogP contribution in [0.2, 0.25) is 0 Å². The van der Waals surface area contributed by atoms with Crippen LogP contribution in [0.25, 0.3) is 0 Å². The molecule has 6 heteroatoms. The summed E-state index contributed by atoms with van der Waals surface area (Å²) < 4.78 is 5.49. The van der Waals surface area contributed by atoms with E-state index in [1.54, 1.807) is 0 Å². The number of carbonyl (C=O) groups excluding carboxylic acids is 1. The van der Waals surface area contributed by atoms with Crippen LogP contribution < -0.4 is 10.6 Å². The van der Waals surface area contributed by atoms with E-state index in [-0.39, 0.29) is 5.91 Å². The van der Waals surface area contributed by atoms with Crippen molar-refractivity contribution in [3.05, 3.63) is 29.3 Å². The van der Waals surface area contributed by atoms with E-state index in [0.29, 0.717) is 13.2 Å². The van der Waals surface area contributed by atoms with Gasteiger partial charge in [0.05, 0.1) is 6.61 Å². The average Bonchev–Trinajstić information content (AvgIpc) is 2.59. The molecule has 23 heavy (non-hydrogen) atoms. The Bertz CT molecular complexity index is 541. The van der Waals surface area contributed by atoms with E-state index in [1.165, 1.54) is 17.1 Å². The highest BCUT2D eigenvalue weighted by molar-refractivity contribution is 7.99. The SMILES string of the molecule is Cc1cc(CN2CCSCC2)ccc1NC(=O)C1CNCCO1. The van der Waals surface area contributed by atoms with Crippen molar-refractivity contribution in [2.24, 2.45) is 0 Å². The third-order valence-electron chi connectivity index (χ3n) is 4.28. The van der Waals surface area contributed by atoms with Gasteiger partial charge in [-0.25, -0.2) is 0 Å². The van der Waals surface area contributed by atoms with Crippen LogP contribution in [-0.2, 0) is 16.1 Å². The van der Waals surface area contributed by atoms with Gasteiger partial charge >= 0.3 is 0 Å². The summed E-state index contributed by atoms with van der Waals surface area (Å²) in [7, 11) is 0. The van der Waals surface area contributed by atoms with Crippen LogP contribution >= 0.6 is 11.8 Å². The summed E-state index contributed by atoms with van der Waals surface area (Å²) in [5.41, 5.74) is 3.29. The maximum absolute atomic E-state index is 12.2. The molecular formula is C17H25N3O2S. The van der Waals surface area contributed by atoms with E-state index in [0.717, 1.165) is 37.4 Å². The first-order chi connectivity index (χ1) is 11.2. The van der Waals surface area contributed by atoms with Crippen molar-refractivity contribution >= 4 is 23.4 Å². The monoisotopic (exact) mass is 335 g/mol. The summed E-state index contributed by atoms with van der Waals surface area (Å²) >= 11 is 2.03. The Morgan fingerprint density at radius 2 is 2.26 bits per heavy atom. The van der Waals surface area contributed by atoms with E-state index in [4.69, 9.17) is 4.74 Å². The molecule has 126 valence electrons. The van der Waals surface area contributed by atoms with Crippen molar-refractivity contribution < 1.29 is 9.53 Å². The van der Waals surface area contributed by atoms with Crippen molar-refractivity contribution in [1.82, 2.24) is 10.2 Å². The minimum atomic E-state index is -0.395. The molecule has 0 aromatic heterocycles. The zero-order valence-corrected chi connectivity index (χ0v) is 14.5. The van der Waals surface area contributed by atoms with Crippen molar-refractivity contribution in [3.63, 3.8) is 0 Å². The van der Waals surface area contributed by atoms with Crippen LogP contribution in [0.15, 0.2) is 18.2 Å². The molecule has 0 saturated carbocycles. The molecule has 1 atom stereocenters. The van der Waals surface area contributed by atoms with E-state index < -0.39 is 6.10 Å². The number of benzene rings is 1. The molecule has 1 aromatic carbocycles. The Kier molecular flexibility index (Phi) is 5.94. The van der Waals surface area contributed by atoms with Crippen LogP contribution in [0.5, 0.6) is 0 Å². The number of nitrogens with one attached hydrogen (secondary N) is 2. The quantitative estimate of drug-likeness (QED) is 0.873. The fourth-order valence-corrected chi connectivity index (χ4v) is 3.91. The molecule has 2 N–H and O–H groups in total. The highest BCUT2D eigenvalue weighted by Crippen LogP contribution is 2.19. The summed E-state index contributed by atoms with van der Waals surface area (Å²) in [5, 5.41) is 6.17. The van der Waals surface area contributed by atoms with Crippen LogP contribution in [0.3, 0.4) is 0 Å². The Morgan fingerprint density at radius 1 is 1.43 bits per heavy atom. The van der Waals surface area contributed by atoms with Gasteiger partial charge in [-0.2, -0.15) is 11.8 Å². The summed E-state index contributed by atoms with van der Waals surface area (Å²) in [5.74, 6) is 2.38. The molecule has 2 fully saturated rings. The van der Waals surface area contributed by atoms with Gasteiger partial charge in [0.1, 0.15) is 6.10 Å². The molecule has 3 rings (SSSR count). The van der Waals surface area contributed by atoms with Gasteiger partial charge in [0.25, 0.3) is 5.91 Å². The molecule has 2 heterocycles. The van der Waals surface area contributed by atoms with Crippen LogP contribution in [0, 0.1) is 6.92 Å². The van der Waals surface area contributed by atoms with Crippen molar-refractivity contribution in [2.45, 2.75) is 19.6 Å². The summed E-state index contributed by atoms with van der Waals surface area (Å²) in [4.78, 5) is 14.7. The molecule has 5 nitrogen and oxygen atoms in total. The molecule has 0 bridgehead atoms. The lowest BCUT2D eigenvalue weighted by Gasteiger charge is -2.26. The van der Waals surface area contributed by atoms with E-state index in [9.17, 15) is 4.79 Å². The van der Waals surface area contributed by atoms with Gasteiger partial charge in [0.15, 0.2) is 0 Å². The highest BCUT2D eigenvalue weighted by atomic mass is 32.2. The largest absolute Gasteiger partial charge is 0.366 e. The number of morpholine rings is 1. The minimum Gasteiger partial charge on any atom is -0.366 e. The number of hydrogen-bond donors (Lipinski definition) is 2. The summed E-state index contributed by atoms with van der Waals surface area (Å²) in [6.07, 6.45) is -0.395. The molecule has 0 aliphatic carbocycles. The lowest BCUT2D eigenvalue weighted by molar-refractivity contribution is -0.128. The van der Waals surface area contributed by atoms with E-state index >= 15 is 0 Å². The Hall–Kier alpha value is -1.08. The second-order valence-electron chi connectivity index (χ2n) is 6.09. The third kappa shape index (κ3) is 4.70. The Morgan fingerprint density at radius 3 is 2.96 bits per heavy atom. The molecule has 1 aromatic rings. The number of aryl methyl sites for hydroxylation is 1. The average molecular weight is 335 g/mol. The maximum Gasteiger partial charge on any atom is 0.254 e. The molecule has 2 aliphatic heterocycles. The van der Waals surface area contributed by atoms with Crippen molar-refractivity contribution in [2.75, 3.05) is 49.6 Å². The van der Waals surface area contributed by atoms with Crippen molar-refractivity contribution in [1.29, 1.82) is 0 Å². The summed E-state index contributed by atoms with van der Waals surface area (Å²) in [6.45, 7) is 7.34. The molecular weight excluding hydrogens is 310 g/mol. The second kappa shape index (κ2) is 8.15. The topological polar surface area (TPSA) is 53.6 Å². The Labute approximate surface area is 142 Å². The zero-order chi connectivity index (χ0) is 16.1. The predicted octanol–water partition coefficient (Wildman–Crippen LogP) is 1.47. The van der Waals surface area contributed by atoms with Gasteiger partial charge < -0.3 is 15.4 Å². The predicted molar refractivity (Wildman–Crippen MR) is 95.0 cm³/mol.